The van der Waals surface area contributed by atoms with E-state index in [-0.39, 0.29) is 10.2 Å². The van der Waals surface area contributed by atoms with Crippen molar-refractivity contribution in [2.75, 3.05) is 4.53 Å². The standard InChI is InChI=1S/C6H4ClN3O4/c7-8(10(13)14)5-3-1-2-4-6(5)9(11)12/h1-4H. The molecule has 0 aliphatic heterocycles. The van der Waals surface area contributed by atoms with Gasteiger partial charge in [-0.2, -0.15) is 0 Å². The van der Waals surface area contributed by atoms with E-state index >= 15 is 0 Å². The van der Waals surface area contributed by atoms with Crippen molar-refractivity contribution in [1.82, 2.24) is 0 Å². The molecule has 1 aromatic carbocycles. The monoisotopic (exact) mass is 217 g/mol. The lowest BCUT2D eigenvalue weighted by Gasteiger charge is -2.04. The molecule has 0 aliphatic carbocycles. The lowest BCUT2D eigenvalue weighted by atomic mass is 10.3. The van der Waals surface area contributed by atoms with Crippen LogP contribution in [0.25, 0.3) is 0 Å². The number of halogens is 1. The molecule has 14 heavy (non-hydrogen) atoms. The van der Waals surface area contributed by atoms with E-state index in [0.29, 0.717) is 0 Å². The fourth-order valence-electron chi connectivity index (χ4n) is 0.863. The topological polar surface area (TPSA) is 89.5 Å². The molecule has 74 valence electrons. The third-order valence-electron chi connectivity index (χ3n) is 1.42. The fraction of sp³-hybridized carbons (Fsp3) is 0. The van der Waals surface area contributed by atoms with Crippen molar-refractivity contribution in [2.45, 2.75) is 0 Å². The van der Waals surface area contributed by atoms with Gasteiger partial charge in [0.1, 0.15) is 0 Å². The van der Waals surface area contributed by atoms with Gasteiger partial charge in [-0.15, -0.1) is 0 Å². The minimum Gasteiger partial charge on any atom is -0.258 e. The van der Waals surface area contributed by atoms with Crippen LogP contribution in [0.1, 0.15) is 0 Å². The first-order valence-electron chi connectivity index (χ1n) is 3.37. The maximum absolute atomic E-state index is 10.4. The first-order chi connectivity index (χ1) is 6.54. The third-order valence-corrected chi connectivity index (χ3v) is 1.73. The molecule has 8 heteroatoms. The van der Waals surface area contributed by atoms with E-state index in [4.69, 9.17) is 11.8 Å². The molecule has 0 spiro atoms. The Morgan fingerprint density at radius 3 is 2.29 bits per heavy atom. The van der Waals surface area contributed by atoms with Crippen LogP contribution in [0, 0.1) is 20.2 Å². The van der Waals surface area contributed by atoms with Gasteiger partial charge in [-0.3, -0.25) is 10.1 Å². The van der Waals surface area contributed by atoms with Gasteiger partial charge in [0.2, 0.25) is 5.69 Å². The molecule has 0 saturated heterocycles. The number of hydrazine groups is 1. The van der Waals surface area contributed by atoms with E-state index in [0.717, 1.165) is 6.07 Å². The van der Waals surface area contributed by atoms with Crippen molar-refractivity contribution in [2.24, 2.45) is 0 Å². The summed E-state index contributed by atoms with van der Waals surface area (Å²) in [7, 11) is 0. The Kier molecular flexibility index (Phi) is 2.82. The van der Waals surface area contributed by atoms with Crippen LogP contribution < -0.4 is 4.53 Å². The van der Waals surface area contributed by atoms with E-state index < -0.39 is 15.6 Å². The third kappa shape index (κ3) is 1.88. The molecule has 7 nitrogen and oxygen atoms in total. The van der Waals surface area contributed by atoms with E-state index in [9.17, 15) is 20.2 Å². The Morgan fingerprint density at radius 2 is 1.79 bits per heavy atom. The molecule has 0 heterocycles. The Morgan fingerprint density at radius 1 is 1.21 bits per heavy atom. The average Bonchev–Trinajstić information content (AvgIpc) is 2.16. The SMILES string of the molecule is O=[N+]([O-])c1ccccc1N(Cl)[N+](=O)[O-]. The quantitative estimate of drug-likeness (QED) is 0.437. The summed E-state index contributed by atoms with van der Waals surface area (Å²) in [6, 6.07) is 5.13. The zero-order chi connectivity index (χ0) is 10.7. The normalized spacial score (nSPS) is 9.50. The van der Waals surface area contributed by atoms with Crippen LogP contribution in [0.4, 0.5) is 11.4 Å². The highest BCUT2D eigenvalue weighted by molar-refractivity contribution is 6.24. The smallest absolute Gasteiger partial charge is 0.258 e. The van der Waals surface area contributed by atoms with Gasteiger partial charge in [0.25, 0.3) is 5.69 Å². The number of nitro benzene ring substituents is 1. The summed E-state index contributed by atoms with van der Waals surface area (Å²) in [6.45, 7) is 0. The molecule has 0 radical (unpaired) electrons. The Labute approximate surface area is 82.9 Å². The van der Waals surface area contributed by atoms with Crippen molar-refractivity contribution in [3.8, 4) is 0 Å². The molecule has 1 aromatic rings. The maximum Gasteiger partial charge on any atom is 0.300 e. The predicted octanol–water partition coefficient (Wildman–Crippen LogP) is 1.75. The molecular formula is C6H4ClN3O4. The van der Waals surface area contributed by atoms with Gasteiger partial charge < -0.3 is 0 Å². The van der Waals surface area contributed by atoms with Crippen LogP contribution in [0.5, 0.6) is 0 Å². The molecule has 0 N–H and O–H groups in total. The van der Waals surface area contributed by atoms with E-state index in [1.807, 2.05) is 0 Å². The minimum atomic E-state index is -0.954. The lowest BCUT2D eigenvalue weighted by molar-refractivity contribution is -0.476. The number of anilines is 1. The largest absolute Gasteiger partial charge is 0.300 e. The highest BCUT2D eigenvalue weighted by Crippen LogP contribution is 2.28. The van der Waals surface area contributed by atoms with Gasteiger partial charge in [-0.05, 0) is 6.07 Å². The number of hydrogen-bond acceptors (Lipinski definition) is 4. The van der Waals surface area contributed by atoms with E-state index in [1.54, 1.807) is 0 Å². The Hall–Kier alpha value is -1.89. The number of rotatable bonds is 3. The van der Waals surface area contributed by atoms with E-state index in [2.05, 4.69) is 0 Å². The Balaban J connectivity index is 3.19. The van der Waals surface area contributed by atoms with E-state index in [1.165, 1.54) is 18.2 Å². The summed E-state index contributed by atoms with van der Waals surface area (Å²) < 4.78 is 0.0815. The van der Waals surface area contributed by atoms with Crippen LogP contribution in [0.15, 0.2) is 24.3 Å². The summed E-state index contributed by atoms with van der Waals surface area (Å²) in [5.74, 6) is 0. The van der Waals surface area contributed by atoms with Gasteiger partial charge >= 0.3 is 0 Å². The summed E-state index contributed by atoms with van der Waals surface area (Å²) in [5, 5.41) is 19.7. The highest BCUT2D eigenvalue weighted by Gasteiger charge is 2.24. The van der Waals surface area contributed by atoms with Crippen LogP contribution in [0.2, 0.25) is 0 Å². The molecule has 0 amide bonds. The summed E-state index contributed by atoms with van der Waals surface area (Å²) >= 11 is 5.22. The number of nitrogens with zero attached hydrogens (tertiary/aromatic N) is 3. The number of para-hydroxylation sites is 2. The number of nitro groups is 2. The number of hydrogen-bond donors (Lipinski definition) is 0. The van der Waals surface area contributed by atoms with Gasteiger partial charge in [-0.1, -0.05) is 12.1 Å². The lowest BCUT2D eigenvalue weighted by Crippen LogP contribution is -2.19. The van der Waals surface area contributed by atoms with Crippen LogP contribution in [-0.4, -0.2) is 9.96 Å². The second-order valence-corrected chi connectivity index (χ2v) is 2.56. The average molecular weight is 218 g/mol. The fourth-order valence-corrected chi connectivity index (χ4v) is 1.01. The van der Waals surface area contributed by atoms with Crippen LogP contribution in [0.3, 0.4) is 0 Å². The molecule has 0 bridgehead atoms. The summed E-state index contributed by atoms with van der Waals surface area (Å²) in [4.78, 5) is 20.0. The van der Waals surface area contributed by atoms with Crippen molar-refractivity contribution in [3.63, 3.8) is 0 Å². The van der Waals surface area contributed by atoms with Crippen LogP contribution in [-0.2, 0) is 0 Å². The summed E-state index contributed by atoms with van der Waals surface area (Å²) in [6.07, 6.45) is 0. The molecular weight excluding hydrogens is 214 g/mol. The predicted molar refractivity (Wildman–Crippen MR) is 48.4 cm³/mol. The summed E-state index contributed by atoms with van der Waals surface area (Å²) in [5.41, 5.74) is -0.691. The zero-order valence-electron chi connectivity index (χ0n) is 6.66. The van der Waals surface area contributed by atoms with Crippen molar-refractivity contribution in [3.05, 3.63) is 44.5 Å². The Bertz CT molecular complexity index is 383. The van der Waals surface area contributed by atoms with Crippen LogP contribution >= 0.6 is 11.8 Å². The molecule has 1 rings (SSSR count). The molecule has 0 atom stereocenters. The molecule has 0 unspecified atom stereocenters. The minimum absolute atomic E-state index is 0.0815. The zero-order valence-corrected chi connectivity index (χ0v) is 7.42. The molecule has 0 aliphatic rings. The number of benzene rings is 1. The molecule has 0 saturated carbocycles. The van der Waals surface area contributed by atoms with Crippen molar-refractivity contribution < 1.29 is 9.96 Å². The maximum atomic E-state index is 10.4. The van der Waals surface area contributed by atoms with Crippen molar-refractivity contribution >= 4 is 23.2 Å². The first-order valence-corrected chi connectivity index (χ1v) is 3.71. The van der Waals surface area contributed by atoms with Gasteiger partial charge in [0.15, 0.2) is 5.03 Å². The van der Waals surface area contributed by atoms with Gasteiger partial charge in [-0.25, -0.2) is 10.1 Å². The second-order valence-electron chi connectivity index (χ2n) is 2.24. The second kappa shape index (κ2) is 3.88. The molecule has 0 aromatic heterocycles. The molecule has 0 fully saturated rings. The van der Waals surface area contributed by atoms with Crippen molar-refractivity contribution in [1.29, 1.82) is 0 Å². The first kappa shape index (κ1) is 10.2. The van der Waals surface area contributed by atoms with Gasteiger partial charge in [0.05, 0.1) is 16.7 Å². The highest BCUT2D eigenvalue weighted by atomic mass is 35.5. The van der Waals surface area contributed by atoms with Gasteiger partial charge in [0, 0.05) is 10.6 Å².